The number of rotatable bonds is 4. The Morgan fingerprint density at radius 2 is 1.53 bits per heavy atom. The van der Waals surface area contributed by atoms with E-state index in [0.29, 0.717) is 5.92 Å². The molecule has 3 nitrogen and oxygen atoms in total. The summed E-state index contributed by atoms with van der Waals surface area (Å²) in [5, 5.41) is 15.7. The van der Waals surface area contributed by atoms with E-state index in [-0.39, 0.29) is 23.7 Å². The number of nitrogens with zero attached hydrogens (tertiary/aromatic N) is 2. The smallest absolute Gasteiger partial charge is 0.203 e. The van der Waals surface area contributed by atoms with Crippen molar-refractivity contribution in [2.75, 3.05) is 18.5 Å². The molecule has 0 saturated carbocycles. The summed E-state index contributed by atoms with van der Waals surface area (Å²) in [6.45, 7) is 20.1. The Hall–Kier alpha value is -3.34. The molecule has 0 bridgehead atoms. The average Bonchev–Trinajstić information content (AvgIpc) is 2.93. The third-order valence-electron chi connectivity index (χ3n) is 10.0. The monoisotopic (exact) mass is 608 g/mol. The van der Waals surface area contributed by atoms with Crippen molar-refractivity contribution in [1.82, 2.24) is 4.58 Å². The predicted molar refractivity (Wildman–Crippen MR) is 181 cm³/mol. The highest BCUT2D eigenvalue weighted by molar-refractivity contribution is 7.01. The van der Waals surface area contributed by atoms with Crippen molar-refractivity contribution in [3.05, 3.63) is 111 Å². The number of phenols is 1. The number of hydrogen-bond acceptors (Lipinski definition) is 2. The zero-order chi connectivity index (χ0) is 30.1. The Balaban J connectivity index is 0.00000368. The number of benzene rings is 4. The molecule has 2 aliphatic rings. The molecule has 4 aromatic carbocycles. The molecule has 0 aliphatic carbocycles. The first-order chi connectivity index (χ1) is 19.8. The molecule has 1 atom stereocenters. The van der Waals surface area contributed by atoms with Gasteiger partial charge in [-0.1, -0.05) is 49.8 Å². The van der Waals surface area contributed by atoms with Gasteiger partial charge in [0.1, 0.15) is 20.4 Å². The van der Waals surface area contributed by atoms with Crippen molar-refractivity contribution < 1.29 is 17.5 Å². The first-order valence-electron chi connectivity index (χ1n) is 15.4. The summed E-state index contributed by atoms with van der Waals surface area (Å²) in [4.78, 5) is 2.23. The molecule has 0 radical (unpaired) electrons. The van der Waals surface area contributed by atoms with Gasteiger partial charge in [0.2, 0.25) is 5.36 Å². The van der Waals surface area contributed by atoms with Gasteiger partial charge in [-0.2, -0.15) is 0 Å². The summed E-state index contributed by atoms with van der Waals surface area (Å²) in [7, 11) is 0.0122. The first-order valence-corrected chi connectivity index (χ1v) is 18.4. The van der Waals surface area contributed by atoms with Gasteiger partial charge in [-0.05, 0) is 121 Å². The van der Waals surface area contributed by atoms with Gasteiger partial charge >= 0.3 is 0 Å². The quantitative estimate of drug-likeness (QED) is 0.285. The lowest BCUT2D eigenvalue weighted by Crippen LogP contribution is -3.00. The predicted octanol–water partition coefficient (Wildman–Crippen LogP) is 2.96. The van der Waals surface area contributed by atoms with Crippen LogP contribution in [-0.4, -0.2) is 32.3 Å². The molecule has 2 aliphatic heterocycles. The Bertz CT molecular complexity index is 1860. The van der Waals surface area contributed by atoms with Gasteiger partial charge in [-0.3, -0.25) is 0 Å². The standard InChI is InChI=1S/C38H44N2OSi.ClH/c1-10-40-34-22-36-33(21-32(34)26(4)23-38(40,5)6)37(30-17-11-24(2)19-25(30)3)31-18-14-28(20-35(31)42(36,8)9)39(7)27-12-15-29(41)16-13-27;/h11-22,26H,10,23H2,1-9H3;1H. The van der Waals surface area contributed by atoms with Crippen LogP contribution in [0.4, 0.5) is 11.4 Å². The van der Waals surface area contributed by atoms with Crippen molar-refractivity contribution in [1.29, 1.82) is 0 Å². The maximum Gasteiger partial charge on any atom is 0.203 e. The molecule has 0 aromatic heterocycles. The minimum atomic E-state index is -2.11. The fraction of sp³-hybridized carbons (Fsp3) is 0.342. The van der Waals surface area contributed by atoms with Crippen LogP contribution in [0.3, 0.4) is 0 Å². The summed E-state index contributed by atoms with van der Waals surface area (Å²) in [6.07, 6.45) is 1.16. The van der Waals surface area contributed by atoms with E-state index < -0.39 is 8.07 Å². The van der Waals surface area contributed by atoms with Crippen LogP contribution in [0.2, 0.25) is 13.1 Å². The topological polar surface area (TPSA) is 26.5 Å². The van der Waals surface area contributed by atoms with Gasteiger partial charge in [-0.25, -0.2) is 4.58 Å². The maximum atomic E-state index is 9.86. The highest BCUT2D eigenvalue weighted by Crippen LogP contribution is 2.33. The molecule has 0 saturated heterocycles. The molecule has 0 spiro atoms. The van der Waals surface area contributed by atoms with E-state index in [1.807, 2.05) is 12.1 Å². The van der Waals surface area contributed by atoms with Gasteiger partial charge in [0.25, 0.3) is 0 Å². The summed E-state index contributed by atoms with van der Waals surface area (Å²) in [6, 6.07) is 26.7. The Morgan fingerprint density at radius 1 is 0.884 bits per heavy atom. The Kier molecular flexibility index (Phi) is 7.94. The van der Waals surface area contributed by atoms with E-state index in [4.69, 9.17) is 0 Å². The lowest BCUT2D eigenvalue weighted by molar-refractivity contribution is -0.0000105. The summed E-state index contributed by atoms with van der Waals surface area (Å²) in [5.74, 6) is 0.799. The second-order valence-electron chi connectivity index (χ2n) is 13.7. The zero-order valence-electron chi connectivity index (χ0n) is 27.1. The van der Waals surface area contributed by atoms with Crippen molar-refractivity contribution >= 4 is 35.4 Å². The van der Waals surface area contributed by atoms with Crippen LogP contribution in [0, 0.1) is 13.8 Å². The van der Waals surface area contributed by atoms with Crippen LogP contribution < -0.4 is 42.8 Å². The van der Waals surface area contributed by atoms with Crippen molar-refractivity contribution in [3.63, 3.8) is 0 Å². The Labute approximate surface area is 264 Å². The van der Waals surface area contributed by atoms with E-state index in [1.165, 1.54) is 60.0 Å². The van der Waals surface area contributed by atoms with E-state index in [1.54, 1.807) is 12.1 Å². The molecular formula is C38H45ClN2OSi. The first kappa shape index (κ1) is 31.1. The molecular weight excluding hydrogens is 564 g/mol. The lowest BCUT2D eigenvalue weighted by atomic mass is 9.82. The molecule has 1 unspecified atom stereocenters. The minimum absolute atomic E-state index is 0. The number of aryl methyl sites for hydroxylation is 2. The van der Waals surface area contributed by atoms with E-state index in [2.05, 4.69) is 120 Å². The number of phenolic OH excluding ortho intramolecular Hbond substituents is 1. The third kappa shape index (κ3) is 5.03. The van der Waals surface area contributed by atoms with Crippen molar-refractivity contribution in [2.45, 2.75) is 72.5 Å². The van der Waals surface area contributed by atoms with Crippen molar-refractivity contribution in [3.8, 4) is 5.75 Å². The molecule has 0 fully saturated rings. The molecule has 0 amide bonds. The van der Waals surface area contributed by atoms with E-state index in [0.717, 1.165) is 18.7 Å². The fourth-order valence-corrected chi connectivity index (χ4v) is 10.9. The maximum absolute atomic E-state index is 9.86. The summed E-state index contributed by atoms with van der Waals surface area (Å²) in [5.41, 5.74) is 10.6. The molecule has 4 aromatic rings. The molecule has 5 heteroatoms. The molecule has 43 heavy (non-hydrogen) atoms. The number of hydrogen-bond donors (Lipinski definition) is 1. The minimum Gasteiger partial charge on any atom is -1.00 e. The van der Waals surface area contributed by atoms with E-state index >= 15 is 0 Å². The molecule has 6 rings (SSSR count). The Morgan fingerprint density at radius 3 is 2.19 bits per heavy atom. The highest BCUT2D eigenvalue weighted by atomic mass is 35.5. The molecule has 224 valence electrons. The van der Waals surface area contributed by atoms with Gasteiger partial charge in [0, 0.05) is 36.5 Å². The lowest BCUT2D eigenvalue weighted by Gasteiger charge is -2.36. The number of anilines is 2. The summed E-state index contributed by atoms with van der Waals surface area (Å²) >= 11 is 0. The summed E-state index contributed by atoms with van der Waals surface area (Å²) < 4.78 is 2.65. The third-order valence-corrected chi connectivity index (χ3v) is 13.5. The number of halogens is 1. The largest absolute Gasteiger partial charge is 1.00 e. The van der Waals surface area contributed by atoms with Crippen LogP contribution in [0.5, 0.6) is 5.75 Å². The van der Waals surface area contributed by atoms with Gasteiger partial charge in [0.15, 0.2) is 5.54 Å². The van der Waals surface area contributed by atoms with Gasteiger partial charge in [0.05, 0.1) is 0 Å². The average molecular weight is 609 g/mol. The number of fused-ring (bicyclic) bond motifs is 3. The fourth-order valence-electron chi connectivity index (χ4n) is 7.83. The second kappa shape index (κ2) is 11.0. The van der Waals surface area contributed by atoms with E-state index in [9.17, 15) is 5.11 Å². The SMILES string of the molecule is CC[N+]1=c2cc3c(cc2C(C)CC1(C)C)=C(c1ccc(C)cc1C)c1ccc(N(C)c2ccc(O)cc2)cc1[Si]3(C)C.[Cl-]. The highest BCUT2D eigenvalue weighted by Gasteiger charge is 2.41. The van der Waals surface area contributed by atoms with Gasteiger partial charge in [-0.15, -0.1) is 0 Å². The van der Waals surface area contributed by atoms with Crippen LogP contribution in [0.25, 0.3) is 5.57 Å². The van der Waals surface area contributed by atoms with Crippen LogP contribution in [-0.2, 0) is 0 Å². The second-order valence-corrected chi connectivity index (χ2v) is 18.1. The van der Waals surface area contributed by atoms with Crippen LogP contribution >= 0.6 is 0 Å². The molecule has 1 N–H and O–H groups in total. The van der Waals surface area contributed by atoms with Gasteiger partial charge < -0.3 is 22.4 Å². The van der Waals surface area contributed by atoms with Crippen molar-refractivity contribution in [2.24, 2.45) is 0 Å². The zero-order valence-corrected chi connectivity index (χ0v) is 28.9. The number of aromatic hydroxyl groups is 1. The van der Waals surface area contributed by atoms with Crippen LogP contribution in [0.15, 0.2) is 72.8 Å². The van der Waals surface area contributed by atoms with Crippen LogP contribution in [0.1, 0.15) is 67.9 Å². The normalized spacial score (nSPS) is 17.8. The molecule has 2 heterocycles.